The van der Waals surface area contributed by atoms with Gasteiger partial charge in [-0.05, 0) is 49.7 Å². The van der Waals surface area contributed by atoms with Gasteiger partial charge in [-0.2, -0.15) is 0 Å². The fraction of sp³-hybridized carbons (Fsp3) is 0.235. The average molecular weight is 320 g/mol. The molecule has 0 aliphatic heterocycles. The van der Waals surface area contributed by atoms with E-state index in [4.69, 9.17) is 12.2 Å². The van der Waals surface area contributed by atoms with Gasteiger partial charge in [0.2, 0.25) is 0 Å². The Kier molecular flexibility index (Phi) is 5.83. The van der Waals surface area contributed by atoms with Gasteiger partial charge in [0.05, 0.1) is 0 Å². The molecule has 0 fully saturated rings. The molecule has 0 saturated heterocycles. The summed E-state index contributed by atoms with van der Waals surface area (Å²) < 4.78 is 27.1. The molecule has 0 aliphatic carbocycles. The lowest BCUT2D eigenvalue weighted by Crippen LogP contribution is -2.36. The van der Waals surface area contributed by atoms with Crippen LogP contribution in [0.25, 0.3) is 0 Å². The topological polar surface area (TPSA) is 24.1 Å². The number of thiocarbonyl (C=S) groups is 1. The number of rotatable bonds is 5. The van der Waals surface area contributed by atoms with Crippen LogP contribution < -0.4 is 10.6 Å². The molecule has 2 rings (SSSR count). The SMILES string of the molecule is C[C@H](CCc1ccccc1)NC(=S)Nc1c(F)cccc1F. The molecule has 116 valence electrons. The van der Waals surface area contributed by atoms with Crippen molar-refractivity contribution < 1.29 is 8.78 Å². The van der Waals surface area contributed by atoms with Crippen LogP contribution in [0.3, 0.4) is 0 Å². The van der Waals surface area contributed by atoms with Crippen LogP contribution in [0.2, 0.25) is 0 Å². The van der Waals surface area contributed by atoms with E-state index >= 15 is 0 Å². The summed E-state index contributed by atoms with van der Waals surface area (Å²) in [4.78, 5) is 0. The van der Waals surface area contributed by atoms with Crippen molar-refractivity contribution in [1.29, 1.82) is 0 Å². The summed E-state index contributed by atoms with van der Waals surface area (Å²) >= 11 is 5.11. The predicted octanol–water partition coefficient (Wildman–Crippen LogP) is 4.27. The Morgan fingerprint density at radius 2 is 1.68 bits per heavy atom. The van der Waals surface area contributed by atoms with Crippen LogP contribution in [-0.4, -0.2) is 11.2 Å². The van der Waals surface area contributed by atoms with Gasteiger partial charge < -0.3 is 10.6 Å². The molecular weight excluding hydrogens is 302 g/mol. The smallest absolute Gasteiger partial charge is 0.171 e. The minimum absolute atomic E-state index is 0.0926. The van der Waals surface area contributed by atoms with Crippen molar-refractivity contribution in [2.75, 3.05) is 5.32 Å². The van der Waals surface area contributed by atoms with Crippen LogP contribution in [0.15, 0.2) is 48.5 Å². The molecule has 0 aliphatic rings. The first kappa shape index (κ1) is 16.4. The van der Waals surface area contributed by atoms with Crippen molar-refractivity contribution in [2.45, 2.75) is 25.8 Å². The molecule has 0 amide bonds. The number of hydrogen-bond donors (Lipinski definition) is 2. The Hall–Kier alpha value is -2.01. The number of para-hydroxylation sites is 1. The molecule has 0 aromatic heterocycles. The maximum Gasteiger partial charge on any atom is 0.171 e. The third kappa shape index (κ3) is 4.77. The number of nitrogens with one attached hydrogen (secondary N) is 2. The van der Waals surface area contributed by atoms with Gasteiger partial charge >= 0.3 is 0 Å². The molecule has 0 radical (unpaired) electrons. The Bertz CT molecular complexity index is 612. The summed E-state index contributed by atoms with van der Waals surface area (Å²) in [5, 5.41) is 5.83. The molecule has 2 nitrogen and oxygen atoms in total. The maximum absolute atomic E-state index is 13.5. The van der Waals surface area contributed by atoms with Gasteiger partial charge in [-0.1, -0.05) is 36.4 Å². The minimum Gasteiger partial charge on any atom is -0.360 e. The van der Waals surface area contributed by atoms with Gasteiger partial charge in [0.15, 0.2) is 5.11 Å². The van der Waals surface area contributed by atoms with Gasteiger partial charge in [-0.3, -0.25) is 0 Å². The van der Waals surface area contributed by atoms with Crippen LogP contribution in [0.1, 0.15) is 18.9 Å². The third-order valence-electron chi connectivity index (χ3n) is 3.29. The first-order valence-corrected chi connectivity index (χ1v) is 7.52. The fourth-order valence-electron chi connectivity index (χ4n) is 2.09. The number of aryl methyl sites for hydroxylation is 1. The molecule has 1 atom stereocenters. The average Bonchev–Trinajstić information content (AvgIpc) is 2.50. The number of halogens is 2. The highest BCUT2D eigenvalue weighted by Crippen LogP contribution is 2.17. The molecular formula is C17H18F2N2S. The highest BCUT2D eigenvalue weighted by Gasteiger charge is 2.11. The Morgan fingerprint density at radius 1 is 1.05 bits per heavy atom. The summed E-state index contributed by atoms with van der Waals surface area (Å²) in [5.41, 5.74) is 1.02. The third-order valence-corrected chi connectivity index (χ3v) is 3.51. The molecule has 0 unspecified atom stereocenters. The Morgan fingerprint density at radius 3 is 2.32 bits per heavy atom. The zero-order valence-corrected chi connectivity index (χ0v) is 13.1. The quantitative estimate of drug-likeness (QED) is 0.805. The molecule has 5 heteroatoms. The van der Waals surface area contributed by atoms with E-state index < -0.39 is 11.6 Å². The van der Waals surface area contributed by atoms with Gasteiger partial charge in [-0.15, -0.1) is 0 Å². The highest BCUT2D eigenvalue weighted by atomic mass is 32.1. The van der Waals surface area contributed by atoms with E-state index in [1.165, 1.54) is 23.8 Å². The number of hydrogen-bond acceptors (Lipinski definition) is 1. The first-order chi connectivity index (χ1) is 10.6. The number of anilines is 1. The second kappa shape index (κ2) is 7.84. The van der Waals surface area contributed by atoms with E-state index in [0.717, 1.165) is 12.8 Å². The van der Waals surface area contributed by atoms with Crippen LogP contribution in [0, 0.1) is 11.6 Å². The summed E-state index contributed by atoms with van der Waals surface area (Å²) in [6.45, 7) is 1.98. The summed E-state index contributed by atoms with van der Waals surface area (Å²) in [6.07, 6.45) is 1.78. The Labute approximate surface area is 134 Å². The van der Waals surface area contributed by atoms with Crippen LogP contribution >= 0.6 is 12.2 Å². The Balaban J connectivity index is 1.84. The monoisotopic (exact) mass is 320 g/mol. The van der Waals surface area contributed by atoms with Crippen molar-refractivity contribution in [3.05, 3.63) is 65.7 Å². The predicted molar refractivity (Wildman–Crippen MR) is 89.9 cm³/mol. The standard InChI is InChI=1S/C17H18F2N2S/c1-12(10-11-13-6-3-2-4-7-13)20-17(22)21-16-14(18)8-5-9-15(16)19/h2-9,12H,10-11H2,1H3,(H2,20,21,22)/t12-/m1/s1. The van der Waals surface area contributed by atoms with Crippen molar-refractivity contribution >= 4 is 23.0 Å². The van der Waals surface area contributed by atoms with Crippen LogP contribution in [-0.2, 0) is 6.42 Å². The zero-order chi connectivity index (χ0) is 15.9. The maximum atomic E-state index is 13.5. The lowest BCUT2D eigenvalue weighted by atomic mass is 10.1. The normalized spacial score (nSPS) is 11.8. The fourth-order valence-corrected chi connectivity index (χ4v) is 2.39. The van der Waals surface area contributed by atoms with Crippen molar-refractivity contribution in [3.63, 3.8) is 0 Å². The number of benzene rings is 2. The van der Waals surface area contributed by atoms with E-state index in [0.29, 0.717) is 0 Å². The molecule has 0 heterocycles. The summed E-state index contributed by atoms with van der Waals surface area (Å²) in [6, 6.07) is 13.9. The van der Waals surface area contributed by atoms with Gasteiger partial charge in [0, 0.05) is 6.04 Å². The second-order valence-electron chi connectivity index (χ2n) is 5.12. The summed E-state index contributed by atoms with van der Waals surface area (Å²) in [7, 11) is 0. The minimum atomic E-state index is -0.666. The van der Waals surface area contributed by atoms with E-state index in [1.54, 1.807) is 0 Å². The molecule has 0 spiro atoms. The van der Waals surface area contributed by atoms with Gasteiger partial charge in [-0.25, -0.2) is 8.78 Å². The van der Waals surface area contributed by atoms with E-state index in [2.05, 4.69) is 22.8 Å². The highest BCUT2D eigenvalue weighted by molar-refractivity contribution is 7.80. The largest absolute Gasteiger partial charge is 0.360 e. The van der Waals surface area contributed by atoms with E-state index in [-0.39, 0.29) is 16.8 Å². The van der Waals surface area contributed by atoms with Gasteiger partial charge in [0.25, 0.3) is 0 Å². The van der Waals surface area contributed by atoms with Crippen molar-refractivity contribution in [3.8, 4) is 0 Å². The molecule has 0 saturated carbocycles. The van der Waals surface area contributed by atoms with Crippen LogP contribution in [0.5, 0.6) is 0 Å². The molecule has 2 aromatic rings. The summed E-state index contributed by atoms with van der Waals surface area (Å²) in [5.74, 6) is -1.33. The molecule has 2 N–H and O–H groups in total. The second-order valence-corrected chi connectivity index (χ2v) is 5.53. The first-order valence-electron chi connectivity index (χ1n) is 7.11. The lowest BCUT2D eigenvalue weighted by molar-refractivity contribution is 0.588. The molecule has 0 bridgehead atoms. The van der Waals surface area contributed by atoms with Crippen molar-refractivity contribution in [1.82, 2.24) is 5.32 Å². The van der Waals surface area contributed by atoms with Crippen LogP contribution in [0.4, 0.5) is 14.5 Å². The molecule has 2 aromatic carbocycles. The van der Waals surface area contributed by atoms with E-state index in [9.17, 15) is 8.78 Å². The molecule has 22 heavy (non-hydrogen) atoms. The van der Waals surface area contributed by atoms with Crippen molar-refractivity contribution in [2.24, 2.45) is 0 Å². The van der Waals surface area contributed by atoms with E-state index in [1.807, 2.05) is 25.1 Å². The zero-order valence-electron chi connectivity index (χ0n) is 12.3. The van der Waals surface area contributed by atoms with Gasteiger partial charge in [0.1, 0.15) is 17.3 Å². The lowest BCUT2D eigenvalue weighted by Gasteiger charge is -2.17.